The lowest BCUT2D eigenvalue weighted by Gasteiger charge is -2.40. The topological polar surface area (TPSA) is 115 Å². The highest BCUT2D eigenvalue weighted by Gasteiger charge is 2.29. The van der Waals surface area contributed by atoms with Gasteiger partial charge in [-0.3, -0.25) is 19.4 Å². The Hall–Kier alpha value is -3.20. The molecule has 1 aliphatic rings. The number of hydrogen-bond acceptors (Lipinski definition) is 7. The van der Waals surface area contributed by atoms with Crippen molar-refractivity contribution < 1.29 is 9.21 Å². The second-order valence-electron chi connectivity index (χ2n) is 9.31. The van der Waals surface area contributed by atoms with Crippen LogP contribution in [0.15, 0.2) is 41.4 Å². The van der Waals surface area contributed by atoms with Crippen molar-refractivity contribution in [2.75, 3.05) is 18.4 Å². The first-order valence-corrected chi connectivity index (χ1v) is 11.0. The Labute approximate surface area is 188 Å². The minimum Gasteiger partial charge on any atom is -0.444 e. The first kappa shape index (κ1) is 22.0. The number of oxazole rings is 1. The zero-order valence-corrected chi connectivity index (χ0v) is 19.1. The number of rotatable bonds is 6. The van der Waals surface area contributed by atoms with Gasteiger partial charge in [0.2, 0.25) is 5.89 Å². The van der Waals surface area contributed by atoms with Gasteiger partial charge < -0.3 is 15.5 Å². The monoisotopic (exact) mass is 437 g/mol. The average Bonchev–Trinajstić information content (AvgIpc) is 3.42. The van der Waals surface area contributed by atoms with E-state index in [0.717, 1.165) is 31.5 Å². The molecule has 0 radical (unpaired) electrons. The number of carbonyl (C=O) groups is 1. The molecular formula is C23H31N7O2. The molecule has 1 unspecified atom stereocenters. The Morgan fingerprint density at radius 2 is 2.06 bits per heavy atom. The van der Waals surface area contributed by atoms with Crippen molar-refractivity contribution in [2.45, 2.75) is 58.2 Å². The summed E-state index contributed by atoms with van der Waals surface area (Å²) in [5.74, 6) is -0.0556. The van der Waals surface area contributed by atoms with Gasteiger partial charge in [-0.25, -0.2) is 4.98 Å². The summed E-state index contributed by atoms with van der Waals surface area (Å²) in [4.78, 5) is 23.2. The predicted octanol–water partition coefficient (Wildman–Crippen LogP) is 3.64. The molecule has 1 aliphatic heterocycles. The van der Waals surface area contributed by atoms with Gasteiger partial charge in [-0.1, -0.05) is 0 Å². The molecule has 0 bridgehead atoms. The van der Waals surface area contributed by atoms with E-state index in [2.05, 4.69) is 46.1 Å². The van der Waals surface area contributed by atoms with Crippen LogP contribution in [0.5, 0.6) is 0 Å². The van der Waals surface area contributed by atoms with Gasteiger partial charge in [-0.05, 0) is 52.7 Å². The molecule has 1 saturated heterocycles. The molecule has 9 nitrogen and oxygen atoms in total. The maximum absolute atomic E-state index is 12.1. The Morgan fingerprint density at radius 1 is 1.31 bits per heavy atom. The number of piperidine rings is 1. The van der Waals surface area contributed by atoms with E-state index in [1.54, 1.807) is 18.7 Å². The van der Waals surface area contributed by atoms with Crippen molar-refractivity contribution in [1.29, 1.82) is 0 Å². The van der Waals surface area contributed by atoms with Crippen LogP contribution in [-0.2, 0) is 0 Å². The number of aromatic nitrogens is 4. The molecule has 0 aliphatic carbocycles. The summed E-state index contributed by atoms with van der Waals surface area (Å²) < 4.78 is 7.50. The van der Waals surface area contributed by atoms with E-state index < -0.39 is 5.91 Å². The van der Waals surface area contributed by atoms with Crippen molar-refractivity contribution >= 4 is 11.6 Å². The number of amides is 1. The Bertz CT molecular complexity index is 1060. The molecule has 3 N–H and O–H groups in total. The van der Waals surface area contributed by atoms with Crippen LogP contribution in [0.4, 0.5) is 5.69 Å². The molecule has 1 atom stereocenters. The maximum atomic E-state index is 12.1. The van der Waals surface area contributed by atoms with Gasteiger partial charge >= 0.3 is 0 Å². The lowest BCUT2D eigenvalue weighted by molar-refractivity contribution is 0.0867. The van der Waals surface area contributed by atoms with Crippen molar-refractivity contribution in [1.82, 2.24) is 24.6 Å². The molecule has 0 spiro atoms. The van der Waals surface area contributed by atoms with Crippen molar-refractivity contribution in [3.05, 3.63) is 48.4 Å². The van der Waals surface area contributed by atoms with Gasteiger partial charge in [0.15, 0.2) is 5.69 Å². The number of carbonyl (C=O) groups excluding carboxylic acids is 1. The fourth-order valence-electron chi connectivity index (χ4n) is 4.08. The minimum absolute atomic E-state index is 0.155. The highest BCUT2D eigenvalue weighted by Crippen LogP contribution is 2.30. The van der Waals surface area contributed by atoms with Crippen LogP contribution in [0, 0.1) is 0 Å². The summed E-state index contributed by atoms with van der Waals surface area (Å²) in [7, 11) is 0. The summed E-state index contributed by atoms with van der Waals surface area (Å²) in [6, 6.07) is 3.76. The smallest absolute Gasteiger partial charge is 0.271 e. The van der Waals surface area contributed by atoms with E-state index >= 15 is 0 Å². The van der Waals surface area contributed by atoms with Crippen LogP contribution in [-0.4, -0.2) is 49.2 Å². The molecule has 170 valence electrons. The standard InChI is InChI=1S/C23H31N7O2/c1-15(19-14-32-22(27-19)16-6-5-9-25-12-16)26-18-13-30(28-20(18)21(24)31)17-7-10-29(11-8-17)23(2,3)4/h5-6,9,12-15,17,26H,7-8,10-11H2,1-4H3,(H2,24,31). The van der Waals surface area contributed by atoms with Crippen LogP contribution >= 0.6 is 0 Å². The third kappa shape index (κ3) is 4.67. The molecule has 3 aromatic heterocycles. The largest absolute Gasteiger partial charge is 0.444 e. The minimum atomic E-state index is -0.554. The molecule has 9 heteroatoms. The third-order valence-electron chi connectivity index (χ3n) is 6.00. The van der Waals surface area contributed by atoms with E-state index in [4.69, 9.17) is 10.2 Å². The zero-order chi connectivity index (χ0) is 22.9. The summed E-state index contributed by atoms with van der Waals surface area (Å²) >= 11 is 0. The summed E-state index contributed by atoms with van der Waals surface area (Å²) in [6.07, 6.45) is 8.85. The number of primary amides is 1. The van der Waals surface area contributed by atoms with E-state index in [-0.39, 0.29) is 23.3 Å². The Morgan fingerprint density at radius 3 is 2.69 bits per heavy atom. The van der Waals surface area contributed by atoms with Gasteiger partial charge in [0.1, 0.15) is 12.0 Å². The molecule has 4 heterocycles. The fraction of sp³-hybridized carbons (Fsp3) is 0.478. The van der Waals surface area contributed by atoms with Crippen LogP contribution in [0.2, 0.25) is 0 Å². The van der Waals surface area contributed by atoms with Gasteiger partial charge in [0.25, 0.3) is 5.91 Å². The second kappa shape index (κ2) is 8.74. The maximum Gasteiger partial charge on any atom is 0.271 e. The van der Waals surface area contributed by atoms with Crippen molar-refractivity contribution in [3.8, 4) is 11.5 Å². The average molecular weight is 438 g/mol. The van der Waals surface area contributed by atoms with Gasteiger partial charge in [-0.15, -0.1) is 0 Å². The summed E-state index contributed by atoms with van der Waals surface area (Å²) in [5.41, 5.74) is 8.15. The number of pyridine rings is 1. The molecular weight excluding hydrogens is 406 g/mol. The van der Waals surface area contributed by atoms with Gasteiger partial charge in [-0.2, -0.15) is 5.10 Å². The molecule has 32 heavy (non-hydrogen) atoms. The zero-order valence-electron chi connectivity index (χ0n) is 19.1. The van der Waals surface area contributed by atoms with Crippen molar-refractivity contribution in [2.24, 2.45) is 5.73 Å². The normalized spacial score (nSPS) is 16.8. The number of nitrogens with zero attached hydrogens (tertiary/aromatic N) is 5. The highest BCUT2D eigenvalue weighted by atomic mass is 16.3. The van der Waals surface area contributed by atoms with E-state index in [1.165, 1.54) is 0 Å². The first-order chi connectivity index (χ1) is 15.2. The molecule has 1 amide bonds. The molecule has 1 fully saturated rings. The lowest BCUT2D eigenvalue weighted by Crippen LogP contribution is -2.46. The molecule has 4 rings (SSSR count). The quantitative estimate of drug-likeness (QED) is 0.605. The number of hydrogen-bond donors (Lipinski definition) is 2. The third-order valence-corrected chi connectivity index (χ3v) is 6.00. The highest BCUT2D eigenvalue weighted by molar-refractivity contribution is 5.96. The van der Waals surface area contributed by atoms with Gasteiger partial charge in [0, 0.05) is 37.2 Å². The summed E-state index contributed by atoms with van der Waals surface area (Å²) in [6.45, 7) is 10.7. The molecule has 3 aromatic rings. The molecule has 0 aromatic carbocycles. The Balaban J connectivity index is 1.49. The number of anilines is 1. The predicted molar refractivity (Wildman–Crippen MR) is 122 cm³/mol. The summed E-state index contributed by atoms with van der Waals surface area (Å²) in [5, 5.41) is 7.86. The van der Waals surface area contributed by atoms with E-state index in [0.29, 0.717) is 17.3 Å². The second-order valence-corrected chi connectivity index (χ2v) is 9.31. The van der Waals surface area contributed by atoms with Gasteiger partial charge in [0.05, 0.1) is 23.3 Å². The molecule has 0 saturated carbocycles. The van der Waals surface area contributed by atoms with E-state index in [1.807, 2.05) is 29.9 Å². The van der Waals surface area contributed by atoms with Crippen LogP contribution in [0.1, 0.15) is 68.8 Å². The first-order valence-electron chi connectivity index (χ1n) is 11.0. The number of nitrogens with two attached hydrogens (primary N) is 1. The number of likely N-dealkylation sites (tertiary alicyclic amines) is 1. The number of nitrogens with one attached hydrogen (secondary N) is 1. The van der Waals surface area contributed by atoms with Crippen LogP contribution in [0.3, 0.4) is 0 Å². The van der Waals surface area contributed by atoms with Crippen LogP contribution in [0.25, 0.3) is 11.5 Å². The van der Waals surface area contributed by atoms with Crippen LogP contribution < -0.4 is 11.1 Å². The fourth-order valence-corrected chi connectivity index (χ4v) is 4.08. The Kier molecular flexibility index (Phi) is 6.01. The SMILES string of the molecule is CC(Nc1cn(C2CCN(C(C)(C)C)CC2)nc1C(N)=O)c1coc(-c2cccnc2)n1. The van der Waals surface area contributed by atoms with Crippen molar-refractivity contribution in [3.63, 3.8) is 0 Å². The lowest BCUT2D eigenvalue weighted by atomic mass is 9.98. The van der Waals surface area contributed by atoms with E-state index in [9.17, 15) is 4.79 Å².